The zero-order chi connectivity index (χ0) is 18.0. The SMILES string of the molecule is Cc1nc(-c2ccccn2)sc1C(=O)N(C)Cc1ccc(F)cc1F. The summed E-state index contributed by atoms with van der Waals surface area (Å²) in [5, 5.41) is 0.655. The fourth-order valence-corrected chi connectivity index (χ4v) is 3.38. The lowest BCUT2D eigenvalue weighted by Gasteiger charge is -2.17. The summed E-state index contributed by atoms with van der Waals surface area (Å²) in [6, 6.07) is 8.81. The van der Waals surface area contributed by atoms with Crippen LogP contribution in [-0.4, -0.2) is 27.8 Å². The molecular weight excluding hydrogens is 344 g/mol. The number of hydrogen-bond acceptors (Lipinski definition) is 4. The lowest BCUT2D eigenvalue weighted by atomic mass is 10.2. The Balaban J connectivity index is 1.82. The molecule has 0 radical (unpaired) electrons. The van der Waals surface area contributed by atoms with Gasteiger partial charge >= 0.3 is 0 Å². The minimum absolute atomic E-state index is 0.0429. The Labute approximate surface area is 147 Å². The predicted octanol–water partition coefficient (Wildman–Crippen LogP) is 4.06. The zero-order valence-corrected chi connectivity index (χ0v) is 14.5. The fourth-order valence-electron chi connectivity index (χ4n) is 2.34. The number of amides is 1. The molecule has 0 aliphatic rings. The van der Waals surface area contributed by atoms with E-state index in [1.54, 1.807) is 26.2 Å². The Morgan fingerprint density at radius 3 is 2.72 bits per heavy atom. The van der Waals surface area contributed by atoms with Crippen molar-refractivity contribution in [3.63, 3.8) is 0 Å². The lowest BCUT2D eigenvalue weighted by molar-refractivity contribution is 0.0787. The van der Waals surface area contributed by atoms with Gasteiger partial charge in [0.25, 0.3) is 5.91 Å². The van der Waals surface area contributed by atoms with Crippen molar-refractivity contribution in [2.75, 3.05) is 7.05 Å². The van der Waals surface area contributed by atoms with Gasteiger partial charge in [0.05, 0.1) is 11.4 Å². The van der Waals surface area contributed by atoms with Gasteiger partial charge in [-0.3, -0.25) is 9.78 Å². The van der Waals surface area contributed by atoms with Gasteiger partial charge in [0.2, 0.25) is 0 Å². The number of nitrogens with zero attached hydrogens (tertiary/aromatic N) is 3. The molecule has 0 spiro atoms. The Kier molecular flexibility index (Phi) is 4.85. The van der Waals surface area contributed by atoms with E-state index in [-0.39, 0.29) is 18.0 Å². The molecule has 1 aromatic carbocycles. The van der Waals surface area contributed by atoms with Crippen molar-refractivity contribution in [2.24, 2.45) is 0 Å². The van der Waals surface area contributed by atoms with E-state index in [1.807, 2.05) is 12.1 Å². The molecule has 0 saturated carbocycles. The Hall–Kier alpha value is -2.67. The van der Waals surface area contributed by atoms with Gasteiger partial charge in [0.15, 0.2) is 0 Å². The number of carbonyl (C=O) groups is 1. The van der Waals surface area contributed by atoms with Crippen LogP contribution in [-0.2, 0) is 6.54 Å². The number of aryl methyl sites for hydroxylation is 1. The second-order valence-corrected chi connectivity index (χ2v) is 6.54. The summed E-state index contributed by atoms with van der Waals surface area (Å²) in [7, 11) is 1.57. The van der Waals surface area contributed by atoms with Gasteiger partial charge in [-0.05, 0) is 25.1 Å². The van der Waals surface area contributed by atoms with Gasteiger partial charge < -0.3 is 4.90 Å². The van der Waals surface area contributed by atoms with Crippen LogP contribution in [0.5, 0.6) is 0 Å². The maximum atomic E-state index is 13.8. The highest BCUT2D eigenvalue weighted by atomic mass is 32.1. The van der Waals surface area contributed by atoms with Gasteiger partial charge in [0.1, 0.15) is 21.5 Å². The number of carbonyl (C=O) groups excluding carboxylic acids is 1. The van der Waals surface area contributed by atoms with Crippen LogP contribution in [0.25, 0.3) is 10.7 Å². The molecule has 2 aromatic heterocycles. The van der Waals surface area contributed by atoms with E-state index in [2.05, 4.69) is 9.97 Å². The topological polar surface area (TPSA) is 46.1 Å². The first-order valence-electron chi connectivity index (χ1n) is 7.54. The van der Waals surface area contributed by atoms with Gasteiger partial charge in [-0.25, -0.2) is 13.8 Å². The number of hydrogen-bond donors (Lipinski definition) is 0. The van der Waals surface area contributed by atoms with Crippen molar-refractivity contribution in [3.8, 4) is 10.7 Å². The lowest BCUT2D eigenvalue weighted by Crippen LogP contribution is -2.26. The molecule has 7 heteroatoms. The molecule has 0 saturated heterocycles. The molecular formula is C18H15F2N3OS. The molecule has 0 fully saturated rings. The standard InChI is InChI=1S/C18H15F2N3OS/c1-11-16(25-17(22-11)15-5-3-4-8-21-15)18(24)23(2)10-12-6-7-13(19)9-14(12)20/h3-9H,10H2,1-2H3. The van der Waals surface area contributed by atoms with Crippen molar-refractivity contribution in [2.45, 2.75) is 13.5 Å². The van der Waals surface area contributed by atoms with Crippen molar-refractivity contribution in [1.29, 1.82) is 0 Å². The van der Waals surface area contributed by atoms with E-state index in [0.717, 1.165) is 6.07 Å². The quantitative estimate of drug-likeness (QED) is 0.706. The number of pyridine rings is 1. The third-order valence-corrected chi connectivity index (χ3v) is 4.81. The van der Waals surface area contributed by atoms with Crippen LogP contribution in [0.15, 0.2) is 42.6 Å². The number of aromatic nitrogens is 2. The molecule has 0 aliphatic heterocycles. The van der Waals surface area contributed by atoms with Crippen molar-refractivity contribution in [3.05, 3.63) is 70.4 Å². The highest BCUT2D eigenvalue weighted by Crippen LogP contribution is 2.27. The summed E-state index contributed by atoms with van der Waals surface area (Å²) < 4.78 is 26.8. The Morgan fingerprint density at radius 1 is 1.24 bits per heavy atom. The fraction of sp³-hybridized carbons (Fsp3) is 0.167. The van der Waals surface area contributed by atoms with E-state index < -0.39 is 11.6 Å². The van der Waals surface area contributed by atoms with Crippen LogP contribution >= 0.6 is 11.3 Å². The molecule has 4 nitrogen and oxygen atoms in total. The summed E-state index contributed by atoms with van der Waals surface area (Å²) in [4.78, 5) is 23.2. The van der Waals surface area contributed by atoms with Crippen LogP contribution in [0.4, 0.5) is 8.78 Å². The average molecular weight is 359 g/mol. The third-order valence-electron chi connectivity index (χ3n) is 3.64. The smallest absolute Gasteiger partial charge is 0.265 e. The molecule has 3 aromatic rings. The monoisotopic (exact) mass is 359 g/mol. The molecule has 0 unspecified atom stereocenters. The van der Waals surface area contributed by atoms with E-state index >= 15 is 0 Å². The first-order chi connectivity index (χ1) is 12.0. The highest BCUT2D eigenvalue weighted by Gasteiger charge is 2.21. The number of benzene rings is 1. The maximum absolute atomic E-state index is 13.8. The molecule has 1 amide bonds. The van der Waals surface area contributed by atoms with Crippen LogP contribution < -0.4 is 0 Å². The number of thiazole rings is 1. The summed E-state index contributed by atoms with van der Waals surface area (Å²) in [5.41, 5.74) is 1.55. The predicted molar refractivity (Wildman–Crippen MR) is 92.2 cm³/mol. The largest absolute Gasteiger partial charge is 0.337 e. The van der Waals surface area contributed by atoms with Crippen LogP contribution in [0.1, 0.15) is 20.9 Å². The molecule has 128 valence electrons. The average Bonchev–Trinajstić information content (AvgIpc) is 2.99. The first kappa shape index (κ1) is 17.2. The van der Waals surface area contributed by atoms with Crippen LogP contribution in [0, 0.1) is 18.6 Å². The van der Waals surface area contributed by atoms with E-state index in [4.69, 9.17) is 0 Å². The molecule has 0 N–H and O–H groups in total. The van der Waals surface area contributed by atoms with Crippen LogP contribution in [0.3, 0.4) is 0 Å². The molecule has 0 bridgehead atoms. The Bertz CT molecular complexity index is 912. The summed E-state index contributed by atoms with van der Waals surface area (Å²) in [5.74, 6) is -1.58. The zero-order valence-electron chi connectivity index (χ0n) is 13.7. The summed E-state index contributed by atoms with van der Waals surface area (Å²) in [6.45, 7) is 1.80. The van der Waals surface area contributed by atoms with Gasteiger partial charge in [0, 0.05) is 31.4 Å². The van der Waals surface area contributed by atoms with Crippen molar-refractivity contribution in [1.82, 2.24) is 14.9 Å². The molecule has 3 rings (SSSR count). The van der Waals surface area contributed by atoms with E-state index in [0.29, 0.717) is 21.3 Å². The van der Waals surface area contributed by atoms with Crippen molar-refractivity contribution >= 4 is 17.2 Å². The normalized spacial score (nSPS) is 10.7. The second kappa shape index (κ2) is 7.06. The molecule has 2 heterocycles. The highest BCUT2D eigenvalue weighted by molar-refractivity contribution is 7.17. The maximum Gasteiger partial charge on any atom is 0.265 e. The summed E-state index contributed by atoms with van der Waals surface area (Å²) in [6.07, 6.45) is 1.66. The third kappa shape index (κ3) is 3.71. The molecule has 0 aliphatic carbocycles. The number of halogens is 2. The number of rotatable bonds is 4. The second-order valence-electron chi connectivity index (χ2n) is 5.55. The van der Waals surface area contributed by atoms with Gasteiger partial charge in [-0.15, -0.1) is 11.3 Å². The Morgan fingerprint density at radius 2 is 2.04 bits per heavy atom. The first-order valence-corrected chi connectivity index (χ1v) is 8.35. The van der Waals surface area contributed by atoms with Crippen molar-refractivity contribution < 1.29 is 13.6 Å². The van der Waals surface area contributed by atoms with E-state index in [9.17, 15) is 13.6 Å². The van der Waals surface area contributed by atoms with Gasteiger partial charge in [-0.2, -0.15) is 0 Å². The minimum Gasteiger partial charge on any atom is -0.337 e. The van der Waals surface area contributed by atoms with E-state index in [1.165, 1.54) is 28.4 Å². The summed E-state index contributed by atoms with van der Waals surface area (Å²) >= 11 is 1.25. The molecule has 0 atom stereocenters. The molecule has 25 heavy (non-hydrogen) atoms. The van der Waals surface area contributed by atoms with Gasteiger partial charge in [-0.1, -0.05) is 12.1 Å². The van der Waals surface area contributed by atoms with Crippen LogP contribution in [0.2, 0.25) is 0 Å². The minimum atomic E-state index is -0.671.